The Kier molecular flexibility index (Phi) is 5.16. The third kappa shape index (κ3) is 3.79. The molecule has 1 aliphatic carbocycles. The first-order valence-corrected chi connectivity index (χ1v) is 10.6. The summed E-state index contributed by atoms with van der Waals surface area (Å²) in [6, 6.07) is 11.4. The number of hydrogen-bond donors (Lipinski definition) is 0. The molecule has 3 aromatic heterocycles. The molecule has 0 N–H and O–H groups in total. The first kappa shape index (κ1) is 19.4. The summed E-state index contributed by atoms with van der Waals surface area (Å²) in [5.74, 6) is 0.274. The number of carbonyl (C=O) groups excluding carboxylic acids is 1. The van der Waals surface area contributed by atoms with Gasteiger partial charge in [0.05, 0.1) is 11.1 Å². The number of benzene rings is 1. The number of carbonyl (C=O) groups is 1. The van der Waals surface area contributed by atoms with Crippen molar-refractivity contribution < 1.29 is 14.1 Å². The maximum atomic E-state index is 13.4. The van der Waals surface area contributed by atoms with E-state index in [2.05, 4.69) is 15.1 Å². The molecule has 1 atom stereocenters. The normalized spacial score (nSPS) is 14.6. The molecule has 5 rings (SSSR count). The van der Waals surface area contributed by atoms with Crippen molar-refractivity contribution in [1.82, 2.24) is 20.1 Å². The van der Waals surface area contributed by atoms with Crippen LogP contribution in [0.2, 0.25) is 0 Å². The third-order valence-corrected chi connectivity index (χ3v) is 5.62. The van der Waals surface area contributed by atoms with Crippen molar-refractivity contribution in [3.63, 3.8) is 0 Å². The Morgan fingerprint density at radius 1 is 1.06 bits per heavy atom. The second-order valence-electron chi connectivity index (χ2n) is 7.74. The molecule has 1 unspecified atom stereocenters. The molecule has 0 bridgehead atoms. The van der Waals surface area contributed by atoms with Gasteiger partial charge in [0.15, 0.2) is 6.10 Å². The van der Waals surface area contributed by atoms with Gasteiger partial charge in [-0.15, -0.1) is 0 Å². The molecule has 0 saturated carbocycles. The highest BCUT2D eigenvalue weighted by atomic mass is 16.6. The highest BCUT2D eigenvalue weighted by Gasteiger charge is 2.26. The van der Waals surface area contributed by atoms with Crippen molar-refractivity contribution in [2.45, 2.75) is 45.1 Å². The molecule has 7 nitrogen and oxygen atoms in total. The number of aryl methyl sites for hydroxylation is 1. The van der Waals surface area contributed by atoms with Crippen LogP contribution in [0.5, 0.6) is 0 Å². The average Bonchev–Trinajstić information content (AvgIpc) is 3.18. The van der Waals surface area contributed by atoms with Crippen LogP contribution in [0.25, 0.3) is 22.3 Å². The molecule has 31 heavy (non-hydrogen) atoms. The molecule has 1 aromatic carbocycles. The van der Waals surface area contributed by atoms with Gasteiger partial charge in [-0.05, 0) is 56.4 Å². The number of esters is 1. The van der Waals surface area contributed by atoms with Gasteiger partial charge in [-0.2, -0.15) is 4.98 Å². The molecule has 0 fully saturated rings. The highest BCUT2D eigenvalue weighted by molar-refractivity contribution is 6.05. The van der Waals surface area contributed by atoms with Crippen LogP contribution in [0.1, 0.15) is 59.8 Å². The topological polar surface area (TPSA) is 91.0 Å². The summed E-state index contributed by atoms with van der Waals surface area (Å²) < 4.78 is 11.2. The zero-order valence-electron chi connectivity index (χ0n) is 17.2. The van der Waals surface area contributed by atoms with Crippen LogP contribution >= 0.6 is 0 Å². The molecular weight excluding hydrogens is 392 g/mol. The summed E-state index contributed by atoms with van der Waals surface area (Å²) in [5.41, 5.74) is 4.18. The van der Waals surface area contributed by atoms with Gasteiger partial charge in [0.1, 0.15) is 0 Å². The van der Waals surface area contributed by atoms with Crippen molar-refractivity contribution >= 4 is 16.9 Å². The summed E-state index contributed by atoms with van der Waals surface area (Å²) in [7, 11) is 0. The number of hydrogen-bond acceptors (Lipinski definition) is 7. The van der Waals surface area contributed by atoms with Crippen LogP contribution in [0.15, 0.2) is 53.3 Å². The minimum atomic E-state index is -0.682. The van der Waals surface area contributed by atoms with E-state index < -0.39 is 6.10 Å². The Morgan fingerprint density at radius 3 is 2.81 bits per heavy atom. The van der Waals surface area contributed by atoms with Gasteiger partial charge in [0.2, 0.25) is 5.82 Å². The van der Waals surface area contributed by atoms with Gasteiger partial charge >= 0.3 is 5.97 Å². The SMILES string of the molecule is CC(OC(=O)c1c2c(nc3ccccc13)CCCCC2)c1nc(-c2cccnc2)no1. The van der Waals surface area contributed by atoms with E-state index in [0.29, 0.717) is 11.4 Å². The lowest BCUT2D eigenvalue weighted by Crippen LogP contribution is -2.14. The van der Waals surface area contributed by atoms with Crippen molar-refractivity contribution in [2.75, 3.05) is 0 Å². The number of nitrogens with zero attached hydrogens (tertiary/aromatic N) is 4. The van der Waals surface area contributed by atoms with Crippen molar-refractivity contribution in [2.24, 2.45) is 0 Å². The number of para-hydroxylation sites is 1. The summed E-state index contributed by atoms with van der Waals surface area (Å²) >= 11 is 0. The maximum Gasteiger partial charge on any atom is 0.339 e. The maximum absolute atomic E-state index is 13.4. The van der Waals surface area contributed by atoms with E-state index >= 15 is 0 Å². The van der Waals surface area contributed by atoms with E-state index in [-0.39, 0.29) is 11.9 Å². The van der Waals surface area contributed by atoms with Crippen LogP contribution in [-0.4, -0.2) is 26.1 Å². The van der Waals surface area contributed by atoms with Gasteiger partial charge < -0.3 is 9.26 Å². The molecule has 0 radical (unpaired) electrons. The van der Waals surface area contributed by atoms with Crippen LogP contribution in [0.3, 0.4) is 0 Å². The first-order chi connectivity index (χ1) is 15.2. The molecule has 4 aromatic rings. The monoisotopic (exact) mass is 414 g/mol. The lowest BCUT2D eigenvalue weighted by Gasteiger charge is -2.16. The van der Waals surface area contributed by atoms with Crippen molar-refractivity contribution in [3.05, 3.63) is 71.5 Å². The number of ether oxygens (including phenoxy) is 1. The van der Waals surface area contributed by atoms with Crippen molar-refractivity contribution in [3.8, 4) is 11.4 Å². The van der Waals surface area contributed by atoms with E-state index in [4.69, 9.17) is 14.2 Å². The standard InChI is InChI=1S/C24H22N4O3/c1-15(23-27-22(28-31-23)16-8-7-13-25-14-16)30-24(29)21-17-9-3-2-4-11-19(17)26-20-12-6-5-10-18(20)21/h5-8,10,12-15H,2-4,9,11H2,1H3. The fourth-order valence-corrected chi connectivity index (χ4v) is 4.06. The van der Waals surface area contributed by atoms with E-state index in [1.807, 2.05) is 30.3 Å². The minimum absolute atomic E-state index is 0.247. The van der Waals surface area contributed by atoms with Gasteiger partial charge in [0.25, 0.3) is 5.89 Å². The molecular formula is C24H22N4O3. The number of rotatable bonds is 4. The fourth-order valence-electron chi connectivity index (χ4n) is 4.06. The molecule has 7 heteroatoms. The summed E-state index contributed by atoms with van der Waals surface area (Å²) in [6.45, 7) is 1.74. The number of fused-ring (bicyclic) bond motifs is 2. The fraction of sp³-hybridized carbons (Fsp3) is 0.292. The lowest BCUT2D eigenvalue weighted by molar-refractivity contribution is 0.0266. The molecule has 1 aliphatic rings. The van der Waals surface area contributed by atoms with E-state index in [0.717, 1.165) is 59.8 Å². The zero-order chi connectivity index (χ0) is 21.2. The Bertz CT molecular complexity index is 1240. The van der Waals surface area contributed by atoms with Crippen LogP contribution < -0.4 is 0 Å². The first-order valence-electron chi connectivity index (χ1n) is 10.6. The molecule has 3 heterocycles. The summed E-state index contributed by atoms with van der Waals surface area (Å²) in [4.78, 5) is 26.6. The Labute approximate surface area is 179 Å². The van der Waals surface area contributed by atoms with Gasteiger partial charge in [-0.3, -0.25) is 9.97 Å². The number of pyridine rings is 2. The van der Waals surface area contributed by atoms with Crippen LogP contribution in [-0.2, 0) is 17.6 Å². The predicted molar refractivity (Wildman–Crippen MR) is 114 cm³/mol. The second kappa shape index (κ2) is 8.26. The molecule has 0 spiro atoms. The Morgan fingerprint density at radius 2 is 1.94 bits per heavy atom. The molecule has 0 saturated heterocycles. The zero-order valence-corrected chi connectivity index (χ0v) is 17.2. The van der Waals surface area contributed by atoms with Gasteiger partial charge in [-0.25, -0.2) is 4.79 Å². The predicted octanol–water partition coefficient (Wildman–Crippen LogP) is 4.87. The van der Waals surface area contributed by atoms with Crippen LogP contribution in [0, 0.1) is 0 Å². The minimum Gasteiger partial charge on any atom is -0.449 e. The van der Waals surface area contributed by atoms with Crippen LogP contribution in [0.4, 0.5) is 0 Å². The smallest absolute Gasteiger partial charge is 0.339 e. The highest BCUT2D eigenvalue weighted by Crippen LogP contribution is 2.31. The van der Waals surface area contributed by atoms with Gasteiger partial charge in [0, 0.05) is 29.0 Å². The third-order valence-electron chi connectivity index (χ3n) is 5.62. The average molecular weight is 414 g/mol. The summed E-state index contributed by atoms with van der Waals surface area (Å²) in [5, 5.41) is 4.81. The Balaban J connectivity index is 1.47. The molecule has 0 amide bonds. The lowest BCUT2D eigenvalue weighted by atomic mass is 9.97. The van der Waals surface area contributed by atoms with Crippen molar-refractivity contribution in [1.29, 1.82) is 0 Å². The van der Waals surface area contributed by atoms with E-state index in [1.54, 1.807) is 25.4 Å². The largest absolute Gasteiger partial charge is 0.449 e. The van der Waals surface area contributed by atoms with E-state index in [9.17, 15) is 4.79 Å². The second-order valence-corrected chi connectivity index (χ2v) is 7.74. The quantitative estimate of drug-likeness (QED) is 0.348. The van der Waals surface area contributed by atoms with E-state index in [1.165, 1.54) is 0 Å². The molecule has 0 aliphatic heterocycles. The molecule has 156 valence electrons. The Hall–Kier alpha value is -3.61. The number of aromatic nitrogens is 4. The van der Waals surface area contributed by atoms with Gasteiger partial charge in [-0.1, -0.05) is 29.8 Å². The summed E-state index contributed by atoms with van der Waals surface area (Å²) in [6.07, 6.45) is 7.63.